The van der Waals surface area contributed by atoms with E-state index in [0.29, 0.717) is 12.5 Å². The average Bonchev–Trinajstić information content (AvgIpc) is 2.84. The van der Waals surface area contributed by atoms with E-state index in [1.54, 1.807) is 12.5 Å². The Balaban J connectivity index is 2.00. The Morgan fingerprint density at radius 3 is 3.00 bits per heavy atom. The summed E-state index contributed by atoms with van der Waals surface area (Å²) in [6.07, 6.45) is 4.25. The normalized spacial score (nSPS) is 12.1. The highest BCUT2D eigenvalue weighted by molar-refractivity contribution is 5.52. The molecule has 0 aliphatic heterocycles. The van der Waals surface area contributed by atoms with Crippen LogP contribution in [0.25, 0.3) is 0 Å². The topological polar surface area (TPSA) is 47.3 Å². The third-order valence-electron chi connectivity index (χ3n) is 2.54. The molecule has 0 radical (unpaired) electrons. The van der Waals surface area contributed by atoms with Crippen molar-refractivity contribution in [1.82, 2.24) is 4.98 Å². The summed E-state index contributed by atoms with van der Waals surface area (Å²) in [5.41, 5.74) is 0.915. The van der Waals surface area contributed by atoms with Crippen molar-refractivity contribution in [3.8, 4) is 5.88 Å². The predicted molar refractivity (Wildman–Crippen MR) is 70.9 cm³/mol. The number of pyridine rings is 1. The lowest BCUT2D eigenvalue weighted by Crippen LogP contribution is -2.18. The molecule has 0 saturated carbocycles. The van der Waals surface area contributed by atoms with E-state index in [-0.39, 0.29) is 6.04 Å². The van der Waals surface area contributed by atoms with Gasteiger partial charge in [-0.1, -0.05) is 0 Å². The molecule has 1 N–H and O–H groups in total. The van der Waals surface area contributed by atoms with Crippen LogP contribution in [0.3, 0.4) is 0 Å². The molecule has 4 nitrogen and oxygen atoms in total. The molecular formula is C14H18N2O2. The van der Waals surface area contributed by atoms with Crippen molar-refractivity contribution < 1.29 is 9.15 Å². The molecule has 0 fully saturated rings. The van der Waals surface area contributed by atoms with Crippen molar-refractivity contribution in [2.45, 2.75) is 26.3 Å². The van der Waals surface area contributed by atoms with Crippen LogP contribution in [0.2, 0.25) is 0 Å². The van der Waals surface area contributed by atoms with E-state index < -0.39 is 0 Å². The summed E-state index contributed by atoms with van der Waals surface area (Å²) in [7, 11) is 0. The maximum absolute atomic E-state index is 5.48. The van der Waals surface area contributed by atoms with Crippen LogP contribution in [0, 0.1) is 0 Å². The van der Waals surface area contributed by atoms with Gasteiger partial charge in [-0.2, -0.15) is 0 Å². The quantitative estimate of drug-likeness (QED) is 0.850. The van der Waals surface area contributed by atoms with E-state index in [1.165, 1.54) is 0 Å². The molecule has 18 heavy (non-hydrogen) atoms. The number of nitrogens with zero attached hydrogens (tertiary/aromatic N) is 1. The van der Waals surface area contributed by atoms with E-state index in [1.807, 2.05) is 31.2 Å². The summed E-state index contributed by atoms with van der Waals surface area (Å²) in [6.45, 7) is 4.66. The third kappa shape index (κ3) is 3.26. The van der Waals surface area contributed by atoms with E-state index in [4.69, 9.17) is 9.15 Å². The lowest BCUT2D eigenvalue weighted by Gasteiger charge is -2.16. The molecule has 4 heteroatoms. The molecule has 2 rings (SSSR count). The first-order valence-corrected chi connectivity index (χ1v) is 6.16. The Hall–Kier alpha value is -1.97. The lowest BCUT2D eigenvalue weighted by atomic mass is 10.2. The molecule has 0 amide bonds. The van der Waals surface area contributed by atoms with Gasteiger partial charge in [-0.3, -0.25) is 0 Å². The van der Waals surface area contributed by atoms with E-state index in [9.17, 15) is 0 Å². The third-order valence-corrected chi connectivity index (χ3v) is 2.54. The minimum atomic E-state index is 0.250. The first kappa shape index (κ1) is 12.5. The number of anilines is 1. The number of aromatic nitrogens is 1. The smallest absolute Gasteiger partial charge is 0.237 e. The Morgan fingerprint density at radius 2 is 2.28 bits per heavy atom. The number of hydrogen-bond acceptors (Lipinski definition) is 4. The minimum absolute atomic E-state index is 0.250. The Labute approximate surface area is 107 Å². The fraction of sp³-hybridized carbons (Fsp3) is 0.357. The first-order chi connectivity index (χ1) is 8.79. The molecule has 96 valence electrons. The van der Waals surface area contributed by atoms with Crippen LogP contribution < -0.4 is 10.1 Å². The summed E-state index contributed by atoms with van der Waals surface area (Å²) in [6, 6.07) is 7.99. The molecule has 0 bridgehead atoms. The molecule has 2 aromatic heterocycles. The minimum Gasteiger partial charge on any atom is -0.476 e. The maximum Gasteiger partial charge on any atom is 0.237 e. The second-order valence-electron chi connectivity index (χ2n) is 4.12. The van der Waals surface area contributed by atoms with Crippen molar-refractivity contribution in [2.24, 2.45) is 0 Å². The van der Waals surface area contributed by atoms with Crippen LogP contribution in [-0.4, -0.2) is 17.6 Å². The van der Waals surface area contributed by atoms with Crippen LogP contribution in [0.4, 0.5) is 5.69 Å². The van der Waals surface area contributed by atoms with Gasteiger partial charge < -0.3 is 14.5 Å². The molecule has 2 heterocycles. The van der Waals surface area contributed by atoms with Gasteiger partial charge in [-0.05, 0) is 38.1 Å². The van der Waals surface area contributed by atoms with E-state index in [0.717, 1.165) is 17.9 Å². The van der Waals surface area contributed by atoms with Gasteiger partial charge >= 0.3 is 0 Å². The molecule has 0 aromatic carbocycles. The van der Waals surface area contributed by atoms with Crippen molar-refractivity contribution >= 4 is 5.69 Å². The van der Waals surface area contributed by atoms with Crippen molar-refractivity contribution in [3.05, 3.63) is 42.5 Å². The zero-order chi connectivity index (χ0) is 12.8. The van der Waals surface area contributed by atoms with Crippen molar-refractivity contribution in [3.63, 3.8) is 0 Å². The highest BCUT2D eigenvalue weighted by atomic mass is 16.5. The van der Waals surface area contributed by atoms with E-state index >= 15 is 0 Å². The van der Waals surface area contributed by atoms with Crippen LogP contribution in [0.5, 0.6) is 5.88 Å². The van der Waals surface area contributed by atoms with Gasteiger partial charge in [0.1, 0.15) is 5.76 Å². The second-order valence-corrected chi connectivity index (χ2v) is 4.12. The number of nitrogens with one attached hydrogen (secondary N) is 1. The summed E-state index contributed by atoms with van der Waals surface area (Å²) in [5.74, 6) is 1.61. The molecule has 0 saturated heterocycles. The van der Waals surface area contributed by atoms with Crippen LogP contribution in [0.1, 0.15) is 19.6 Å². The highest BCUT2D eigenvalue weighted by Gasteiger charge is 2.09. The summed E-state index contributed by atoms with van der Waals surface area (Å²) >= 11 is 0. The zero-order valence-corrected chi connectivity index (χ0v) is 10.7. The van der Waals surface area contributed by atoms with E-state index in [2.05, 4.69) is 17.2 Å². The van der Waals surface area contributed by atoms with Gasteiger partial charge in [0.15, 0.2) is 0 Å². The summed E-state index contributed by atoms with van der Waals surface area (Å²) < 4.78 is 10.8. The van der Waals surface area contributed by atoms with Crippen LogP contribution in [0.15, 0.2) is 41.1 Å². The standard InChI is InChI=1S/C14H18N2O2/c1-3-17-14-13(7-4-8-15-14)16-11(2)10-12-6-5-9-18-12/h4-9,11,16H,3,10H2,1-2H3. The Kier molecular flexibility index (Phi) is 4.23. The zero-order valence-electron chi connectivity index (χ0n) is 10.7. The predicted octanol–water partition coefficient (Wildman–Crippen LogP) is 3.12. The Morgan fingerprint density at radius 1 is 1.39 bits per heavy atom. The second kappa shape index (κ2) is 6.10. The highest BCUT2D eigenvalue weighted by Crippen LogP contribution is 2.22. The van der Waals surface area contributed by atoms with Crippen LogP contribution in [-0.2, 0) is 6.42 Å². The summed E-state index contributed by atoms with van der Waals surface area (Å²) in [4.78, 5) is 4.21. The molecule has 0 aliphatic carbocycles. The number of rotatable bonds is 6. The Bertz CT molecular complexity index is 468. The average molecular weight is 246 g/mol. The van der Waals surface area contributed by atoms with Gasteiger partial charge in [0, 0.05) is 18.7 Å². The molecular weight excluding hydrogens is 228 g/mol. The van der Waals surface area contributed by atoms with Crippen molar-refractivity contribution in [2.75, 3.05) is 11.9 Å². The lowest BCUT2D eigenvalue weighted by molar-refractivity contribution is 0.328. The fourth-order valence-electron chi connectivity index (χ4n) is 1.80. The van der Waals surface area contributed by atoms with Gasteiger partial charge in [0.25, 0.3) is 0 Å². The number of furan rings is 1. The molecule has 1 unspecified atom stereocenters. The van der Waals surface area contributed by atoms with Gasteiger partial charge in [0.2, 0.25) is 5.88 Å². The number of ether oxygens (including phenoxy) is 1. The first-order valence-electron chi connectivity index (χ1n) is 6.16. The monoisotopic (exact) mass is 246 g/mol. The van der Waals surface area contributed by atoms with Gasteiger partial charge in [-0.15, -0.1) is 0 Å². The maximum atomic E-state index is 5.48. The van der Waals surface area contributed by atoms with Crippen molar-refractivity contribution in [1.29, 1.82) is 0 Å². The van der Waals surface area contributed by atoms with Gasteiger partial charge in [-0.25, -0.2) is 4.98 Å². The van der Waals surface area contributed by atoms with Crippen LogP contribution >= 0.6 is 0 Å². The molecule has 1 atom stereocenters. The molecule has 0 aliphatic rings. The van der Waals surface area contributed by atoms with Gasteiger partial charge in [0.05, 0.1) is 18.6 Å². The number of hydrogen-bond donors (Lipinski definition) is 1. The molecule has 0 spiro atoms. The largest absolute Gasteiger partial charge is 0.476 e. The fourth-order valence-corrected chi connectivity index (χ4v) is 1.80. The SMILES string of the molecule is CCOc1ncccc1NC(C)Cc1ccco1. The molecule has 2 aromatic rings. The summed E-state index contributed by atoms with van der Waals surface area (Å²) in [5, 5.41) is 3.39.